The molecule has 0 aromatic heterocycles. The summed E-state index contributed by atoms with van der Waals surface area (Å²) >= 11 is 0. The molecule has 10 atom stereocenters. The van der Waals surface area contributed by atoms with Gasteiger partial charge in [-0.15, -0.1) is 0 Å². The molecule has 3 nitrogen and oxygen atoms in total. The second-order valence-corrected chi connectivity index (χ2v) is 10.5. The van der Waals surface area contributed by atoms with Crippen LogP contribution in [0.25, 0.3) is 0 Å². The van der Waals surface area contributed by atoms with Crippen molar-refractivity contribution in [2.75, 3.05) is 0 Å². The average Bonchev–Trinajstić information content (AvgIpc) is 3.51. The molecule has 5 saturated carbocycles. The fourth-order valence-electron chi connectivity index (χ4n) is 8.94. The van der Waals surface area contributed by atoms with E-state index in [-0.39, 0.29) is 17.0 Å². The van der Waals surface area contributed by atoms with Crippen molar-refractivity contribution < 1.29 is 14.3 Å². The number of rotatable bonds is 0. The van der Waals surface area contributed by atoms with E-state index in [0.29, 0.717) is 23.5 Å². The molecule has 1 spiro atoms. The van der Waals surface area contributed by atoms with Gasteiger partial charge in [-0.1, -0.05) is 12.5 Å². The Labute approximate surface area is 154 Å². The molecular weight excluding hydrogens is 324 g/mol. The number of fused-ring (bicyclic) bond motifs is 12. The highest BCUT2D eigenvalue weighted by Gasteiger charge is 2.79. The highest BCUT2D eigenvalue weighted by atomic mass is 16.6. The summed E-state index contributed by atoms with van der Waals surface area (Å²) in [4.78, 5) is 24.0. The summed E-state index contributed by atoms with van der Waals surface area (Å²) in [7, 11) is 0. The molecule has 0 aromatic carbocycles. The number of hydrogen-bond donors (Lipinski definition) is 0. The number of esters is 1. The Bertz CT molecular complexity index is 823. The first kappa shape index (κ1) is 14.6. The van der Waals surface area contributed by atoms with Crippen molar-refractivity contribution >= 4 is 11.8 Å². The number of carbonyl (C=O) groups is 2. The molecular formula is C23H26O3. The standard InChI is InChI=1S/C23H26O3/c1-22-6-4-13-12-3-2-11(24)8-14(12)15-9-16(15)20(13)21(22)17-10-18(17)23(22)7-5-19(25)26-23/h5,7-8,12-13,15-18,20-21H,2-4,6,9-10H2,1H3/t12-,13?,15-,16-,17+,18-,20?,21?,22+,23+/m1/s1. The molecule has 7 rings (SSSR count). The second-order valence-electron chi connectivity index (χ2n) is 10.5. The monoisotopic (exact) mass is 350 g/mol. The van der Waals surface area contributed by atoms with Crippen LogP contribution in [0.15, 0.2) is 23.8 Å². The number of ether oxygens (including phenoxy) is 1. The summed E-state index contributed by atoms with van der Waals surface area (Å²) in [6.45, 7) is 2.44. The van der Waals surface area contributed by atoms with Crippen molar-refractivity contribution in [3.63, 3.8) is 0 Å². The predicted octanol–water partition coefficient (Wildman–Crippen LogP) is 3.69. The van der Waals surface area contributed by atoms with Gasteiger partial charge in [-0.05, 0) is 85.7 Å². The third kappa shape index (κ3) is 1.44. The lowest BCUT2D eigenvalue weighted by Crippen LogP contribution is -2.55. The van der Waals surface area contributed by atoms with Crippen LogP contribution in [-0.2, 0) is 14.3 Å². The molecule has 6 aliphatic carbocycles. The van der Waals surface area contributed by atoms with Gasteiger partial charge in [0.2, 0.25) is 0 Å². The molecule has 0 saturated heterocycles. The maximum atomic E-state index is 12.0. The van der Waals surface area contributed by atoms with E-state index in [4.69, 9.17) is 4.74 Å². The lowest BCUT2D eigenvalue weighted by molar-refractivity contribution is -0.168. The lowest BCUT2D eigenvalue weighted by atomic mass is 9.49. The molecule has 3 heteroatoms. The highest BCUT2D eigenvalue weighted by molar-refractivity contribution is 5.91. The molecule has 136 valence electrons. The van der Waals surface area contributed by atoms with Crippen LogP contribution in [0.3, 0.4) is 0 Å². The maximum Gasteiger partial charge on any atom is 0.331 e. The van der Waals surface area contributed by atoms with E-state index < -0.39 is 0 Å². The van der Waals surface area contributed by atoms with Gasteiger partial charge in [0.1, 0.15) is 5.60 Å². The fraction of sp³-hybridized carbons (Fsp3) is 0.739. The van der Waals surface area contributed by atoms with Crippen LogP contribution in [0.1, 0.15) is 45.4 Å². The molecule has 26 heavy (non-hydrogen) atoms. The van der Waals surface area contributed by atoms with Crippen LogP contribution in [0, 0.1) is 52.8 Å². The van der Waals surface area contributed by atoms with Gasteiger partial charge < -0.3 is 4.74 Å². The number of ketones is 1. The van der Waals surface area contributed by atoms with E-state index in [1.54, 1.807) is 6.08 Å². The Morgan fingerprint density at radius 2 is 1.96 bits per heavy atom. The van der Waals surface area contributed by atoms with Gasteiger partial charge >= 0.3 is 5.97 Å². The van der Waals surface area contributed by atoms with Crippen LogP contribution < -0.4 is 0 Å². The lowest BCUT2D eigenvalue weighted by Gasteiger charge is -2.56. The molecule has 7 aliphatic rings. The van der Waals surface area contributed by atoms with Crippen LogP contribution in [-0.4, -0.2) is 17.4 Å². The van der Waals surface area contributed by atoms with Crippen molar-refractivity contribution in [1.29, 1.82) is 0 Å². The topological polar surface area (TPSA) is 43.4 Å². The van der Waals surface area contributed by atoms with Gasteiger partial charge in [0.05, 0.1) is 0 Å². The van der Waals surface area contributed by atoms with E-state index in [1.165, 1.54) is 31.3 Å². The van der Waals surface area contributed by atoms with Gasteiger partial charge in [-0.25, -0.2) is 4.79 Å². The summed E-state index contributed by atoms with van der Waals surface area (Å²) < 4.78 is 6.08. The average molecular weight is 350 g/mol. The molecule has 1 heterocycles. The summed E-state index contributed by atoms with van der Waals surface area (Å²) in [5.41, 5.74) is 1.36. The first-order valence-electron chi connectivity index (χ1n) is 10.7. The van der Waals surface area contributed by atoms with E-state index in [1.807, 2.05) is 6.08 Å². The minimum Gasteiger partial charge on any atom is -0.451 e. The maximum absolute atomic E-state index is 12.0. The summed E-state index contributed by atoms with van der Waals surface area (Å²) in [6, 6.07) is 0. The second kappa shape index (κ2) is 4.20. The fourth-order valence-corrected chi connectivity index (χ4v) is 8.94. The molecule has 0 radical (unpaired) electrons. The van der Waals surface area contributed by atoms with Crippen molar-refractivity contribution in [3.05, 3.63) is 23.8 Å². The van der Waals surface area contributed by atoms with Crippen molar-refractivity contribution in [2.45, 2.75) is 51.0 Å². The van der Waals surface area contributed by atoms with Crippen LogP contribution in [0.4, 0.5) is 0 Å². The zero-order chi connectivity index (χ0) is 17.4. The zero-order valence-electron chi connectivity index (χ0n) is 15.3. The van der Waals surface area contributed by atoms with Crippen LogP contribution in [0.2, 0.25) is 0 Å². The quantitative estimate of drug-likeness (QED) is 0.626. The summed E-state index contributed by atoms with van der Waals surface area (Å²) in [6.07, 6.45) is 12.7. The molecule has 0 aromatic rings. The Kier molecular flexibility index (Phi) is 2.37. The Morgan fingerprint density at radius 3 is 2.77 bits per heavy atom. The molecule has 5 fully saturated rings. The first-order chi connectivity index (χ1) is 12.5. The van der Waals surface area contributed by atoms with E-state index in [0.717, 1.165) is 42.4 Å². The van der Waals surface area contributed by atoms with Gasteiger partial charge in [0, 0.05) is 23.8 Å². The van der Waals surface area contributed by atoms with Gasteiger partial charge in [0.15, 0.2) is 5.78 Å². The van der Waals surface area contributed by atoms with E-state index in [9.17, 15) is 9.59 Å². The number of allylic oxidation sites excluding steroid dienone is 1. The van der Waals surface area contributed by atoms with Crippen molar-refractivity contribution in [3.8, 4) is 0 Å². The van der Waals surface area contributed by atoms with E-state index >= 15 is 0 Å². The highest BCUT2D eigenvalue weighted by Crippen LogP contribution is 2.80. The third-order valence-corrected chi connectivity index (χ3v) is 9.86. The minimum atomic E-state index is -0.298. The number of hydrogen-bond acceptors (Lipinski definition) is 3. The van der Waals surface area contributed by atoms with Crippen molar-refractivity contribution in [1.82, 2.24) is 0 Å². The Hall–Kier alpha value is -1.38. The summed E-state index contributed by atoms with van der Waals surface area (Å²) in [5, 5.41) is 0. The van der Waals surface area contributed by atoms with Gasteiger partial charge in [0.25, 0.3) is 0 Å². The molecule has 0 N–H and O–H groups in total. The molecule has 0 amide bonds. The first-order valence-corrected chi connectivity index (χ1v) is 10.7. The molecule has 0 bridgehead atoms. The minimum absolute atomic E-state index is 0.122. The van der Waals surface area contributed by atoms with Crippen LogP contribution in [0.5, 0.6) is 0 Å². The Balaban J connectivity index is 1.32. The largest absolute Gasteiger partial charge is 0.451 e. The predicted molar refractivity (Wildman–Crippen MR) is 94.8 cm³/mol. The molecule has 3 unspecified atom stereocenters. The van der Waals surface area contributed by atoms with Crippen molar-refractivity contribution in [2.24, 2.45) is 52.8 Å². The zero-order valence-corrected chi connectivity index (χ0v) is 15.3. The van der Waals surface area contributed by atoms with E-state index in [2.05, 4.69) is 13.0 Å². The SMILES string of the molecule is C[C@]12CCC3C(C1[C@H]1C[C@H]1[C@@]21C=CC(=O)O1)[C@@H]1C[C@@H]1C1=CC(=O)CC[C@@H]13. The molecule has 1 aliphatic heterocycles. The normalized spacial score (nSPS) is 60.4. The van der Waals surface area contributed by atoms with Gasteiger partial charge in [-0.3, -0.25) is 4.79 Å². The van der Waals surface area contributed by atoms with Crippen LogP contribution >= 0.6 is 0 Å². The summed E-state index contributed by atoms with van der Waals surface area (Å²) in [5.74, 6) is 6.04. The smallest absolute Gasteiger partial charge is 0.331 e. The third-order valence-electron chi connectivity index (χ3n) is 9.86. The Morgan fingerprint density at radius 1 is 1.08 bits per heavy atom. The number of carbonyl (C=O) groups excluding carboxylic acids is 2. The van der Waals surface area contributed by atoms with Gasteiger partial charge in [-0.2, -0.15) is 0 Å².